The lowest BCUT2D eigenvalue weighted by Gasteiger charge is -2.27. The van der Waals surface area contributed by atoms with Crippen molar-refractivity contribution in [2.24, 2.45) is 0 Å². The van der Waals surface area contributed by atoms with Gasteiger partial charge >= 0.3 is 13.8 Å². The molecule has 0 saturated carbocycles. The molecule has 2 N–H and O–H groups in total. The maximum atomic E-state index is 13.5. The molecule has 0 aromatic heterocycles. The molecule has 70 heavy (non-hydrogen) atoms. The Hall–Kier alpha value is -3.07. The molecule has 0 rings (SSSR count). The van der Waals surface area contributed by atoms with E-state index in [0.717, 1.165) is 77.0 Å². The second-order valence-electron chi connectivity index (χ2n) is 19.8. The van der Waals surface area contributed by atoms with E-state index in [1.54, 1.807) is 0 Å². The lowest BCUT2D eigenvalue weighted by Crippen LogP contribution is -2.47. The van der Waals surface area contributed by atoms with Gasteiger partial charge in [0.05, 0.1) is 33.8 Å². The number of quaternary nitrogens is 1. The van der Waals surface area contributed by atoms with Crippen LogP contribution in [-0.2, 0) is 27.9 Å². The summed E-state index contributed by atoms with van der Waals surface area (Å²) in [7, 11) is 1.44. The first-order valence-electron chi connectivity index (χ1n) is 28.1. The van der Waals surface area contributed by atoms with Crippen LogP contribution in [0.1, 0.15) is 220 Å². The van der Waals surface area contributed by atoms with E-state index in [1.807, 2.05) is 33.3 Å². The summed E-state index contributed by atoms with van der Waals surface area (Å²) in [6, 6.07) is -0.886. The number of unbranched alkanes of at least 4 members (excludes halogenated alkanes) is 21. The molecule has 0 fully saturated rings. The molecule has 9 nitrogen and oxygen atoms in total. The smallest absolute Gasteiger partial charge is 0.456 e. The fourth-order valence-electron chi connectivity index (χ4n) is 7.46. The maximum Gasteiger partial charge on any atom is 0.472 e. The minimum Gasteiger partial charge on any atom is -0.456 e. The first-order valence-corrected chi connectivity index (χ1v) is 29.6. The summed E-state index contributed by atoms with van der Waals surface area (Å²) in [5, 5.41) is 3.01. The Kier molecular flexibility index (Phi) is 47.3. The minimum absolute atomic E-state index is 0.0234. The average molecular weight is 998 g/mol. The summed E-state index contributed by atoms with van der Waals surface area (Å²) in [4.78, 5) is 37.5. The number of likely N-dealkylation sites (N-methyl/N-ethyl adjacent to an activating group) is 1. The summed E-state index contributed by atoms with van der Waals surface area (Å²) >= 11 is 0. The van der Waals surface area contributed by atoms with Crippen LogP contribution in [-0.4, -0.2) is 74.3 Å². The van der Waals surface area contributed by atoms with Crippen molar-refractivity contribution in [1.82, 2.24) is 5.32 Å². The van der Waals surface area contributed by atoms with Crippen molar-refractivity contribution in [2.75, 3.05) is 40.9 Å². The SMILES string of the molecule is CC/C=C/C=C/C=C/CCCCCCCCCC(=O)OC(/C=C/CCCCCCCCCCCC)C(COP(=O)(O)OCC[N+](C)(C)C)NC(=O)CCC/C=C\C/C=C\C/C=C\C/C=C\CCCCC. The zero-order valence-electron chi connectivity index (χ0n) is 45.7. The van der Waals surface area contributed by atoms with Crippen molar-refractivity contribution < 1.29 is 37.3 Å². The highest BCUT2D eigenvalue weighted by Gasteiger charge is 2.30. The average Bonchev–Trinajstić information content (AvgIpc) is 3.32. The number of phosphoric ester groups is 1. The highest BCUT2D eigenvalue weighted by molar-refractivity contribution is 7.47. The summed E-state index contributed by atoms with van der Waals surface area (Å²) < 4.78 is 30.5. The fraction of sp³-hybridized carbons (Fsp3) is 0.700. The Morgan fingerprint density at radius 2 is 0.986 bits per heavy atom. The van der Waals surface area contributed by atoms with Crippen molar-refractivity contribution in [3.63, 3.8) is 0 Å². The predicted molar refractivity (Wildman–Crippen MR) is 300 cm³/mol. The van der Waals surface area contributed by atoms with Crippen LogP contribution in [0.4, 0.5) is 0 Å². The first kappa shape index (κ1) is 66.9. The number of hydrogen-bond donors (Lipinski definition) is 2. The van der Waals surface area contributed by atoms with Gasteiger partial charge in [-0.1, -0.05) is 215 Å². The van der Waals surface area contributed by atoms with Crippen LogP contribution in [0.15, 0.2) is 97.2 Å². The Bertz CT molecular complexity index is 1520. The van der Waals surface area contributed by atoms with E-state index < -0.39 is 20.0 Å². The quantitative estimate of drug-likeness (QED) is 0.0156. The van der Waals surface area contributed by atoms with Gasteiger partial charge in [0.15, 0.2) is 0 Å². The molecule has 0 aliphatic carbocycles. The van der Waals surface area contributed by atoms with Gasteiger partial charge in [0.25, 0.3) is 0 Å². The van der Waals surface area contributed by atoms with Crippen LogP contribution in [0.2, 0.25) is 0 Å². The molecule has 1 amide bonds. The number of hydrogen-bond acceptors (Lipinski definition) is 6. The summed E-state index contributed by atoms with van der Waals surface area (Å²) in [6.45, 7) is 6.78. The zero-order chi connectivity index (χ0) is 51.5. The molecule has 0 aromatic rings. The van der Waals surface area contributed by atoms with Crippen LogP contribution in [0.5, 0.6) is 0 Å². The van der Waals surface area contributed by atoms with Gasteiger partial charge in [-0.25, -0.2) is 4.57 Å². The van der Waals surface area contributed by atoms with E-state index in [2.05, 4.69) is 111 Å². The molecule has 0 aliphatic rings. The van der Waals surface area contributed by atoms with Crippen LogP contribution < -0.4 is 5.32 Å². The number of ether oxygens (including phenoxy) is 1. The fourth-order valence-corrected chi connectivity index (χ4v) is 8.20. The third-order valence-corrected chi connectivity index (χ3v) is 12.8. The first-order chi connectivity index (χ1) is 33.9. The van der Waals surface area contributed by atoms with Gasteiger partial charge in [-0.2, -0.15) is 0 Å². The number of esters is 1. The number of nitrogens with one attached hydrogen (secondary N) is 1. The van der Waals surface area contributed by atoms with Gasteiger partial charge in [-0.3, -0.25) is 18.6 Å². The highest BCUT2D eigenvalue weighted by Crippen LogP contribution is 2.43. The lowest BCUT2D eigenvalue weighted by molar-refractivity contribution is -0.870. The van der Waals surface area contributed by atoms with Crippen molar-refractivity contribution in [1.29, 1.82) is 0 Å². The Morgan fingerprint density at radius 3 is 1.54 bits per heavy atom. The molecule has 0 spiro atoms. The van der Waals surface area contributed by atoms with E-state index >= 15 is 0 Å². The van der Waals surface area contributed by atoms with Crippen LogP contribution >= 0.6 is 7.82 Å². The molecule has 0 aromatic carbocycles. The predicted octanol–water partition coefficient (Wildman–Crippen LogP) is 16.8. The van der Waals surface area contributed by atoms with Crippen molar-refractivity contribution in [3.8, 4) is 0 Å². The molecule has 3 atom stereocenters. The zero-order valence-corrected chi connectivity index (χ0v) is 46.6. The van der Waals surface area contributed by atoms with Gasteiger partial charge in [0.2, 0.25) is 5.91 Å². The number of nitrogens with zero attached hydrogens (tertiary/aromatic N) is 1. The third kappa shape index (κ3) is 49.9. The molecule has 0 bridgehead atoms. The van der Waals surface area contributed by atoms with Crippen LogP contribution in [0.25, 0.3) is 0 Å². The molecule has 10 heteroatoms. The van der Waals surface area contributed by atoms with E-state index in [0.29, 0.717) is 23.9 Å². The normalized spacial score (nSPS) is 14.6. The Morgan fingerprint density at radius 1 is 0.529 bits per heavy atom. The number of phosphoric acid groups is 1. The van der Waals surface area contributed by atoms with Crippen LogP contribution in [0.3, 0.4) is 0 Å². The molecule has 0 aliphatic heterocycles. The maximum absolute atomic E-state index is 13.5. The Balaban J connectivity index is 5.49. The van der Waals surface area contributed by atoms with E-state index in [4.69, 9.17) is 13.8 Å². The summed E-state index contributed by atoms with van der Waals surface area (Å²) in [6.07, 6.45) is 65.5. The van der Waals surface area contributed by atoms with Crippen molar-refractivity contribution >= 4 is 19.7 Å². The van der Waals surface area contributed by atoms with Gasteiger partial charge in [0.1, 0.15) is 19.3 Å². The molecule has 0 saturated heterocycles. The topological polar surface area (TPSA) is 111 Å². The molecule has 0 radical (unpaired) electrons. The van der Waals surface area contributed by atoms with E-state index in [1.165, 1.54) is 96.3 Å². The van der Waals surface area contributed by atoms with Gasteiger partial charge in [-0.15, -0.1) is 0 Å². The van der Waals surface area contributed by atoms with E-state index in [9.17, 15) is 19.0 Å². The molecular formula is C60H106N2O7P+. The van der Waals surface area contributed by atoms with Crippen molar-refractivity contribution in [2.45, 2.75) is 232 Å². The minimum atomic E-state index is -4.47. The number of allylic oxidation sites excluding steroid dienone is 15. The van der Waals surface area contributed by atoms with Gasteiger partial charge < -0.3 is 19.4 Å². The summed E-state index contributed by atoms with van der Waals surface area (Å²) in [5.41, 5.74) is 0. The second-order valence-corrected chi connectivity index (χ2v) is 21.2. The second kappa shape index (κ2) is 49.5. The van der Waals surface area contributed by atoms with Gasteiger partial charge in [0, 0.05) is 12.8 Å². The highest BCUT2D eigenvalue weighted by atomic mass is 31.2. The number of amides is 1. The number of carbonyl (C=O) groups is 2. The molecule has 402 valence electrons. The van der Waals surface area contributed by atoms with Crippen molar-refractivity contribution in [3.05, 3.63) is 97.2 Å². The standard InChI is InChI=1S/C60H105N2O7P/c1-7-10-13-16-19-22-25-28-30-31-33-34-37-40-43-46-49-52-59(63)61-57(56-68-70(65,66)67-55-54-62(4,5)6)58(51-48-45-42-39-36-27-24-21-18-15-12-9-3)69-60(64)53-50-47-44-41-38-35-32-29-26-23-20-17-14-11-8-2/h11,14,17,19-20,22-23,26,28,30,33-34,40,43,48,51,57-58H,7-10,12-13,15-16,18,21,24-25,27,29,31-32,35-39,41-42,44-47,49-50,52-56H2,1-6H3,(H-,61,63,65,66)/p+1/b14-11+,20-17+,22-19-,26-23+,30-28-,34-33-,43-40-,51-48+. The number of carbonyl (C=O) groups excluding carboxylic acids is 2. The largest absolute Gasteiger partial charge is 0.472 e. The molecule has 3 unspecified atom stereocenters. The number of rotatable bonds is 49. The lowest BCUT2D eigenvalue weighted by atomic mass is 10.1. The van der Waals surface area contributed by atoms with Crippen LogP contribution in [0, 0.1) is 0 Å². The van der Waals surface area contributed by atoms with E-state index in [-0.39, 0.29) is 37.9 Å². The third-order valence-electron chi connectivity index (χ3n) is 11.8. The molecule has 0 heterocycles. The van der Waals surface area contributed by atoms with Gasteiger partial charge in [-0.05, 0) is 89.5 Å². The summed E-state index contributed by atoms with van der Waals surface area (Å²) in [5.74, 6) is -0.592. The Labute approximate surface area is 430 Å². The molecular weight excluding hydrogens is 892 g/mol. The monoisotopic (exact) mass is 998 g/mol.